The third kappa shape index (κ3) is 3.95. The first-order valence-electron chi connectivity index (χ1n) is 7.59. The van der Waals surface area contributed by atoms with Crippen LogP contribution in [-0.4, -0.2) is 38.6 Å². The molecule has 0 saturated carbocycles. The van der Waals surface area contributed by atoms with Crippen LogP contribution >= 0.6 is 23.2 Å². The molecule has 0 radical (unpaired) electrons. The molecule has 0 spiro atoms. The molecule has 9 heteroatoms. The Morgan fingerprint density at radius 3 is 2.36 bits per heavy atom. The minimum Gasteiger partial charge on any atom is -0.477 e. The lowest BCUT2D eigenvalue weighted by molar-refractivity contribution is 0.0686. The number of aromatic nitrogens is 2. The van der Waals surface area contributed by atoms with Crippen molar-refractivity contribution in [2.75, 3.05) is 13.1 Å². The van der Waals surface area contributed by atoms with Crippen molar-refractivity contribution in [1.29, 1.82) is 0 Å². The lowest BCUT2D eigenvalue weighted by atomic mass is 10.2. The average molecular weight is 386 g/mol. The minimum atomic E-state index is -1.36. The molecule has 0 bridgehead atoms. The van der Waals surface area contributed by atoms with Crippen molar-refractivity contribution in [3.63, 3.8) is 0 Å². The largest absolute Gasteiger partial charge is 0.477 e. The van der Waals surface area contributed by atoms with Gasteiger partial charge < -0.3 is 10.1 Å². The van der Waals surface area contributed by atoms with E-state index in [2.05, 4.69) is 4.98 Å². The normalized spacial score (nSPS) is 11.1. The summed E-state index contributed by atoms with van der Waals surface area (Å²) in [6.45, 7) is 5.15. The van der Waals surface area contributed by atoms with Crippen LogP contribution < -0.4 is 11.2 Å². The van der Waals surface area contributed by atoms with Crippen molar-refractivity contribution in [3.05, 3.63) is 60.3 Å². The second-order valence-electron chi connectivity index (χ2n) is 5.29. The summed E-state index contributed by atoms with van der Waals surface area (Å²) in [6, 6.07) is 4.30. The number of nitrogens with one attached hydrogen (secondary N) is 1. The molecule has 1 aromatic carbocycles. The van der Waals surface area contributed by atoms with Crippen molar-refractivity contribution in [1.82, 2.24) is 14.5 Å². The Balaban J connectivity index is 2.74. The Bertz CT molecular complexity index is 917. The smallest absolute Gasteiger partial charge is 0.352 e. The van der Waals surface area contributed by atoms with Gasteiger partial charge in [0, 0.05) is 6.54 Å². The van der Waals surface area contributed by atoms with Gasteiger partial charge in [0.1, 0.15) is 5.69 Å². The van der Waals surface area contributed by atoms with E-state index in [0.29, 0.717) is 13.1 Å². The molecular weight excluding hydrogens is 369 g/mol. The Hall–Kier alpha value is -2.09. The highest BCUT2D eigenvalue weighted by Crippen LogP contribution is 2.23. The zero-order valence-corrected chi connectivity index (χ0v) is 15.2. The van der Waals surface area contributed by atoms with Crippen LogP contribution in [0.3, 0.4) is 0 Å². The minimum absolute atomic E-state index is 0.00173. The van der Waals surface area contributed by atoms with Crippen LogP contribution in [0.1, 0.15) is 29.9 Å². The van der Waals surface area contributed by atoms with Gasteiger partial charge in [-0.25, -0.2) is 14.2 Å². The van der Waals surface area contributed by atoms with Crippen LogP contribution in [0, 0.1) is 0 Å². The van der Waals surface area contributed by atoms with E-state index in [4.69, 9.17) is 23.2 Å². The van der Waals surface area contributed by atoms with Crippen LogP contribution in [0.4, 0.5) is 0 Å². The Labute approximate surface area is 153 Å². The molecule has 1 heterocycles. The van der Waals surface area contributed by atoms with Gasteiger partial charge in [-0.1, -0.05) is 37.0 Å². The molecule has 0 amide bonds. The fourth-order valence-corrected chi connectivity index (χ4v) is 2.72. The highest BCUT2D eigenvalue weighted by molar-refractivity contribution is 6.42. The van der Waals surface area contributed by atoms with E-state index in [0.717, 1.165) is 4.57 Å². The molecule has 25 heavy (non-hydrogen) atoms. The second kappa shape index (κ2) is 7.86. The number of aromatic amines is 1. The van der Waals surface area contributed by atoms with Crippen LogP contribution in [0.15, 0.2) is 27.8 Å². The number of carbonyl (C=O) groups is 1. The SMILES string of the molecule is CCN(CC)Cc1c(C(=O)O)[nH]c(=O)n(-c2ccc(Cl)c(Cl)c2)c1=O. The summed E-state index contributed by atoms with van der Waals surface area (Å²) in [4.78, 5) is 40.8. The number of aromatic carboxylic acids is 1. The van der Waals surface area contributed by atoms with Crippen molar-refractivity contribution >= 4 is 29.2 Å². The third-order valence-corrected chi connectivity index (χ3v) is 4.59. The average Bonchev–Trinajstić information content (AvgIpc) is 2.57. The second-order valence-corrected chi connectivity index (χ2v) is 6.10. The summed E-state index contributed by atoms with van der Waals surface area (Å²) in [5.41, 5.74) is -1.76. The van der Waals surface area contributed by atoms with Gasteiger partial charge in [-0.2, -0.15) is 0 Å². The van der Waals surface area contributed by atoms with E-state index < -0.39 is 22.9 Å². The maximum atomic E-state index is 12.9. The summed E-state index contributed by atoms with van der Waals surface area (Å²) < 4.78 is 0.855. The summed E-state index contributed by atoms with van der Waals surface area (Å²) in [5.74, 6) is -1.36. The highest BCUT2D eigenvalue weighted by Gasteiger charge is 2.21. The van der Waals surface area contributed by atoms with Crippen LogP contribution in [0.2, 0.25) is 10.0 Å². The Kier molecular flexibility index (Phi) is 6.05. The predicted molar refractivity (Wildman–Crippen MR) is 96.3 cm³/mol. The Morgan fingerprint density at radius 2 is 1.84 bits per heavy atom. The van der Waals surface area contributed by atoms with Crippen molar-refractivity contribution in [2.24, 2.45) is 0 Å². The highest BCUT2D eigenvalue weighted by atomic mass is 35.5. The predicted octanol–water partition coefficient (Wildman–Crippen LogP) is 2.37. The Morgan fingerprint density at radius 1 is 1.20 bits per heavy atom. The van der Waals surface area contributed by atoms with Gasteiger partial charge in [-0.15, -0.1) is 0 Å². The van der Waals surface area contributed by atoms with E-state index in [1.54, 1.807) is 0 Å². The number of nitrogens with zero attached hydrogens (tertiary/aromatic N) is 2. The summed E-state index contributed by atoms with van der Waals surface area (Å²) >= 11 is 11.8. The molecule has 2 rings (SSSR count). The monoisotopic (exact) mass is 385 g/mol. The number of halogens is 2. The van der Waals surface area contributed by atoms with E-state index >= 15 is 0 Å². The fraction of sp³-hybridized carbons (Fsp3) is 0.312. The van der Waals surface area contributed by atoms with Gasteiger partial charge in [0.2, 0.25) is 0 Å². The molecule has 0 atom stereocenters. The molecule has 0 unspecified atom stereocenters. The lowest BCUT2D eigenvalue weighted by Crippen LogP contribution is -2.40. The number of hydrogen-bond acceptors (Lipinski definition) is 4. The number of benzene rings is 1. The lowest BCUT2D eigenvalue weighted by Gasteiger charge is -2.19. The van der Waals surface area contributed by atoms with Gasteiger partial charge >= 0.3 is 11.7 Å². The van der Waals surface area contributed by atoms with E-state index in [1.165, 1.54) is 18.2 Å². The topological polar surface area (TPSA) is 95.4 Å². The first-order valence-corrected chi connectivity index (χ1v) is 8.35. The van der Waals surface area contributed by atoms with Gasteiger partial charge in [-0.3, -0.25) is 9.69 Å². The van der Waals surface area contributed by atoms with Crippen LogP contribution in [-0.2, 0) is 6.54 Å². The molecule has 2 N–H and O–H groups in total. The van der Waals surface area contributed by atoms with Crippen molar-refractivity contribution < 1.29 is 9.90 Å². The van der Waals surface area contributed by atoms with E-state index in [1.807, 2.05) is 18.7 Å². The molecule has 2 aromatic rings. The molecule has 0 fully saturated rings. The fourth-order valence-electron chi connectivity index (χ4n) is 2.43. The van der Waals surface area contributed by atoms with E-state index in [-0.39, 0.29) is 27.8 Å². The zero-order valence-electron chi connectivity index (χ0n) is 13.7. The summed E-state index contributed by atoms with van der Waals surface area (Å²) in [5, 5.41) is 9.80. The molecule has 0 saturated heterocycles. The zero-order chi connectivity index (χ0) is 18.7. The van der Waals surface area contributed by atoms with Gasteiger partial charge in [-0.05, 0) is 31.3 Å². The van der Waals surface area contributed by atoms with Crippen LogP contribution in [0.5, 0.6) is 0 Å². The first kappa shape index (κ1) is 19.2. The number of H-pyrrole nitrogens is 1. The van der Waals surface area contributed by atoms with Crippen molar-refractivity contribution in [2.45, 2.75) is 20.4 Å². The molecule has 134 valence electrons. The molecule has 0 aliphatic heterocycles. The van der Waals surface area contributed by atoms with Gasteiger partial charge in [0.15, 0.2) is 0 Å². The number of rotatable bonds is 6. The standard InChI is InChI=1S/C16H17Cl2N3O4/c1-3-20(4-2)8-10-13(15(23)24)19-16(25)21(14(10)22)9-5-6-11(17)12(18)7-9/h5-7H,3-4,8H2,1-2H3,(H,19,25)(H,23,24). The summed E-state index contributed by atoms with van der Waals surface area (Å²) in [6.07, 6.45) is 0. The molecular formula is C16H17Cl2N3O4. The van der Waals surface area contributed by atoms with Gasteiger partial charge in [0.05, 0.1) is 21.3 Å². The maximum absolute atomic E-state index is 12.9. The molecule has 7 nitrogen and oxygen atoms in total. The molecule has 0 aliphatic carbocycles. The summed E-state index contributed by atoms with van der Waals surface area (Å²) in [7, 11) is 0. The number of carboxylic acids is 1. The first-order chi connectivity index (χ1) is 11.8. The van der Waals surface area contributed by atoms with Gasteiger partial charge in [0.25, 0.3) is 5.56 Å². The quantitative estimate of drug-likeness (QED) is 0.795. The molecule has 0 aliphatic rings. The maximum Gasteiger partial charge on any atom is 0.352 e. The molecule has 1 aromatic heterocycles. The number of carboxylic acid groups (broad SMARTS) is 1. The number of hydrogen-bond donors (Lipinski definition) is 2. The van der Waals surface area contributed by atoms with Crippen LogP contribution in [0.25, 0.3) is 5.69 Å². The van der Waals surface area contributed by atoms with E-state index in [9.17, 15) is 19.5 Å². The third-order valence-electron chi connectivity index (χ3n) is 3.85. The van der Waals surface area contributed by atoms with Crippen molar-refractivity contribution in [3.8, 4) is 5.69 Å².